The predicted octanol–water partition coefficient (Wildman–Crippen LogP) is 5.06. The Morgan fingerprint density at radius 3 is 2.40 bits per heavy atom. The molecular formula is C18H37NO. The quantitative estimate of drug-likeness (QED) is 0.477. The first kappa shape index (κ1) is 18.0. The summed E-state index contributed by atoms with van der Waals surface area (Å²) in [5.74, 6) is 0. The van der Waals surface area contributed by atoms with Gasteiger partial charge in [-0.05, 0) is 38.6 Å². The van der Waals surface area contributed by atoms with Crippen molar-refractivity contribution < 1.29 is 4.74 Å². The highest BCUT2D eigenvalue weighted by Crippen LogP contribution is 2.19. The van der Waals surface area contributed by atoms with E-state index in [4.69, 9.17) is 4.74 Å². The maximum Gasteiger partial charge on any atom is 0.0576 e. The standard InChI is InChI=1S/C18H37NO/c1-3-5-6-7-8-9-10-12-17(19-4-2)14-15-18-13-11-16-20-18/h17-19H,3-16H2,1-2H3. The molecule has 20 heavy (non-hydrogen) atoms. The number of rotatable bonds is 13. The zero-order valence-corrected chi connectivity index (χ0v) is 14.0. The van der Waals surface area contributed by atoms with Crippen LogP contribution in [0, 0.1) is 0 Å². The van der Waals surface area contributed by atoms with Crippen LogP contribution in [0.15, 0.2) is 0 Å². The maximum absolute atomic E-state index is 5.73. The third-order valence-corrected chi connectivity index (χ3v) is 4.51. The highest BCUT2D eigenvalue weighted by Gasteiger charge is 2.17. The fraction of sp³-hybridized carbons (Fsp3) is 1.00. The second-order valence-electron chi connectivity index (χ2n) is 6.38. The second kappa shape index (κ2) is 12.6. The summed E-state index contributed by atoms with van der Waals surface area (Å²) in [6.45, 7) is 6.61. The normalized spacial score (nSPS) is 20.4. The molecule has 1 rings (SSSR count). The van der Waals surface area contributed by atoms with E-state index in [9.17, 15) is 0 Å². The van der Waals surface area contributed by atoms with E-state index in [0.717, 1.165) is 19.2 Å². The molecular weight excluding hydrogens is 246 g/mol. The summed E-state index contributed by atoms with van der Waals surface area (Å²) in [6.07, 6.45) is 16.9. The van der Waals surface area contributed by atoms with Gasteiger partial charge in [-0.2, -0.15) is 0 Å². The minimum Gasteiger partial charge on any atom is -0.378 e. The molecule has 1 saturated heterocycles. The minimum atomic E-state index is 0.560. The van der Waals surface area contributed by atoms with Crippen molar-refractivity contribution in [3.05, 3.63) is 0 Å². The average molecular weight is 284 g/mol. The molecule has 0 aromatic heterocycles. The van der Waals surface area contributed by atoms with E-state index >= 15 is 0 Å². The van der Waals surface area contributed by atoms with Crippen LogP contribution in [0.1, 0.15) is 90.9 Å². The first-order valence-electron chi connectivity index (χ1n) is 9.21. The molecule has 0 radical (unpaired) electrons. The van der Waals surface area contributed by atoms with E-state index in [0.29, 0.717) is 6.10 Å². The summed E-state index contributed by atoms with van der Waals surface area (Å²) in [4.78, 5) is 0. The van der Waals surface area contributed by atoms with Crippen LogP contribution in [0.4, 0.5) is 0 Å². The summed E-state index contributed by atoms with van der Waals surface area (Å²) in [5.41, 5.74) is 0. The Bertz CT molecular complexity index is 202. The summed E-state index contributed by atoms with van der Waals surface area (Å²) in [5, 5.41) is 3.66. The number of hydrogen-bond acceptors (Lipinski definition) is 2. The van der Waals surface area contributed by atoms with Crippen molar-refractivity contribution in [3.8, 4) is 0 Å². The molecule has 0 aliphatic carbocycles. The van der Waals surface area contributed by atoms with Crippen LogP contribution in [0.5, 0.6) is 0 Å². The summed E-state index contributed by atoms with van der Waals surface area (Å²) < 4.78 is 5.73. The van der Waals surface area contributed by atoms with Gasteiger partial charge in [-0.25, -0.2) is 0 Å². The van der Waals surface area contributed by atoms with Crippen LogP contribution in [0.25, 0.3) is 0 Å². The Kier molecular flexibility index (Phi) is 11.4. The molecule has 2 heteroatoms. The molecule has 120 valence electrons. The van der Waals surface area contributed by atoms with Gasteiger partial charge in [0.15, 0.2) is 0 Å². The molecule has 1 heterocycles. The van der Waals surface area contributed by atoms with Gasteiger partial charge in [-0.3, -0.25) is 0 Å². The molecule has 2 nitrogen and oxygen atoms in total. The van der Waals surface area contributed by atoms with Crippen molar-refractivity contribution >= 4 is 0 Å². The smallest absolute Gasteiger partial charge is 0.0576 e. The zero-order valence-electron chi connectivity index (χ0n) is 14.0. The first-order chi connectivity index (χ1) is 9.86. The molecule has 0 amide bonds. The zero-order chi connectivity index (χ0) is 14.5. The minimum absolute atomic E-state index is 0.560. The lowest BCUT2D eigenvalue weighted by Crippen LogP contribution is -2.29. The topological polar surface area (TPSA) is 21.3 Å². The van der Waals surface area contributed by atoms with E-state index in [1.54, 1.807) is 0 Å². The van der Waals surface area contributed by atoms with Crippen molar-refractivity contribution in [2.75, 3.05) is 13.2 Å². The number of unbranched alkanes of at least 4 members (excludes halogenated alkanes) is 6. The van der Waals surface area contributed by atoms with Gasteiger partial charge in [0.25, 0.3) is 0 Å². The Morgan fingerprint density at radius 2 is 1.75 bits per heavy atom. The summed E-state index contributed by atoms with van der Waals surface area (Å²) >= 11 is 0. The molecule has 0 aromatic rings. The van der Waals surface area contributed by atoms with Gasteiger partial charge in [0.2, 0.25) is 0 Å². The van der Waals surface area contributed by atoms with E-state index in [2.05, 4.69) is 19.2 Å². The first-order valence-corrected chi connectivity index (χ1v) is 9.21. The van der Waals surface area contributed by atoms with Gasteiger partial charge >= 0.3 is 0 Å². The van der Waals surface area contributed by atoms with Crippen LogP contribution in [-0.2, 0) is 4.74 Å². The van der Waals surface area contributed by atoms with Gasteiger partial charge in [-0.1, -0.05) is 58.8 Å². The highest BCUT2D eigenvalue weighted by molar-refractivity contribution is 4.72. The van der Waals surface area contributed by atoms with Crippen molar-refractivity contribution in [2.45, 2.75) is 103 Å². The van der Waals surface area contributed by atoms with Gasteiger partial charge < -0.3 is 10.1 Å². The molecule has 0 aromatic carbocycles. The molecule has 2 atom stereocenters. The van der Waals surface area contributed by atoms with E-state index in [1.165, 1.54) is 77.0 Å². The van der Waals surface area contributed by atoms with Crippen molar-refractivity contribution in [1.82, 2.24) is 5.32 Å². The SMILES string of the molecule is CCCCCCCCCC(CCC1CCCO1)NCC. The number of ether oxygens (including phenoxy) is 1. The van der Waals surface area contributed by atoms with Crippen LogP contribution in [0.3, 0.4) is 0 Å². The fourth-order valence-corrected chi connectivity index (χ4v) is 3.24. The van der Waals surface area contributed by atoms with E-state index in [-0.39, 0.29) is 0 Å². The largest absolute Gasteiger partial charge is 0.378 e. The third kappa shape index (κ3) is 8.97. The number of nitrogens with one attached hydrogen (secondary N) is 1. The van der Waals surface area contributed by atoms with Crippen molar-refractivity contribution in [3.63, 3.8) is 0 Å². The number of hydrogen-bond donors (Lipinski definition) is 1. The van der Waals surface area contributed by atoms with Gasteiger partial charge in [-0.15, -0.1) is 0 Å². The fourth-order valence-electron chi connectivity index (χ4n) is 3.24. The van der Waals surface area contributed by atoms with Crippen molar-refractivity contribution in [1.29, 1.82) is 0 Å². The third-order valence-electron chi connectivity index (χ3n) is 4.51. The molecule has 1 N–H and O–H groups in total. The van der Waals surface area contributed by atoms with Crippen LogP contribution >= 0.6 is 0 Å². The Morgan fingerprint density at radius 1 is 1.00 bits per heavy atom. The average Bonchev–Trinajstić information content (AvgIpc) is 2.97. The molecule has 0 spiro atoms. The Labute approximate surface area is 127 Å². The molecule has 1 aliphatic heterocycles. The molecule has 0 bridgehead atoms. The van der Waals surface area contributed by atoms with Gasteiger partial charge in [0, 0.05) is 12.6 Å². The summed E-state index contributed by atoms with van der Waals surface area (Å²) in [7, 11) is 0. The van der Waals surface area contributed by atoms with Crippen LogP contribution in [-0.4, -0.2) is 25.3 Å². The molecule has 0 saturated carbocycles. The Hall–Kier alpha value is -0.0800. The van der Waals surface area contributed by atoms with Crippen molar-refractivity contribution in [2.24, 2.45) is 0 Å². The van der Waals surface area contributed by atoms with Crippen LogP contribution < -0.4 is 5.32 Å². The Balaban J connectivity index is 1.99. The lowest BCUT2D eigenvalue weighted by molar-refractivity contribution is 0.0992. The molecule has 1 aliphatic rings. The monoisotopic (exact) mass is 283 g/mol. The van der Waals surface area contributed by atoms with E-state index < -0.39 is 0 Å². The highest BCUT2D eigenvalue weighted by atomic mass is 16.5. The van der Waals surface area contributed by atoms with Gasteiger partial charge in [0.1, 0.15) is 0 Å². The lowest BCUT2D eigenvalue weighted by Gasteiger charge is -2.19. The van der Waals surface area contributed by atoms with Crippen LogP contribution in [0.2, 0.25) is 0 Å². The molecule has 1 fully saturated rings. The maximum atomic E-state index is 5.73. The lowest BCUT2D eigenvalue weighted by atomic mass is 9.99. The van der Waals surface area contributed by atoms with Gasteiger partial charge in [0.05, 0.1) is 6.10 Å². The predicted molar refractivity (Wildman–Crippen MR) is 88.3 cm³/mol. The summed E-state index contributed by atoms with van der Waals surface area (Å²) in [6, 6.07) is 0.722. The molecule has 2 unspecified atom stereocenters. The van der Waals surface area contributed by atoms with E-state index in [1.807, 2.05) is 0 Å². The second-order valence-corrected chi connectivity index (χ2v) is 6.38.